The fraction of sp³-hybridized carbons (Fsp3) is 0.133. The first-order chi connectivity index (χ1) is 9.47. The third kappa shape index (κ3) is 3.60. The van der Waals surface area contributed by atoms with Crippen LogP contribution in [-0.2, 0) is 17.5 Å². The van der Waals surface area contributed by atoms with E-state index in [0.717, 1.165) is 12.1 Å². The summed E-state index contributed by atoms with van der Waals surface area (Å²) >= 11 is 0. The normalized spacial score (nSPS) is 11.2. The van der Waals surface area contributed by atoms with E-state index in [4.69, 9.17) is 4.74 Å². The minimum Gasteiger partial charge on any atom is -0.457 e. The monoisotopic (exact) mass is 280 g/mol. The summed E-state index contributed by atoms with van der Waals surface area (Å²) in [6, 6.07) is 13.0. The summed E-state index contributed by atoms with van der Waals surface area (Å²) in [5.74, 6) is -0.567. The molecule has 2 aromatic carbocycles. The fourth-order valence-corrected chi connectivity index (χ4v) is 1.64. The molecule has 0 N–H and O–H groups in total. The Bertz CT molecular complexity index is 592. The molecular formula is C15H11F3O2. The highest BCUT2D eigenvalue weighted by Crippen LogP contribution is 2.29. The van der Waals surface area contributed by atoms with Crippen molar-refractivity contribution in [3.05, 3.63) is 71.3 Å². The van der Waals surface area contributed by atoms with Gasteiger partial charge in [0.1, 0.15) is 6.61 Å². The van der Waals surface area contributed by atoms with Gasteiger partial charge in [-0.1, -0.05) is 30.3 Å². The molecule has 0 spiro atoms. The van der Waals surface area contributed by atoms with E-state index >= 15 is 0 Å². The molecule has 0 unspecified atom stereocenters. The number of carbonyl (C=O) groups excluding carboxylic acids is 1. The summed E-state index contributed by atoms with van der Waals surface area (Å²) in [5.41, 5.74) is -0.102. The van der Waals surface area contributed by atoms with Gasteiger partial charge in [0.2, 0.25) is 0 Å². The van der Waals surface area contributed by atoms with Gasteiger partial charge in [-0.05, 0) is 29.8 Å². The molecule has 0 aliphatic rings. The van der Waals surface area contributed by atoms with E-state index in [1.54, 1.807) is 30.3 Å². The molecule has 2 rings (SSSR count). The second kappa shape index (κ2) is 5.77. The number of alkyl halides is 3. The van der Waals surface area contributed by atoms with E-state index < -0.39 is 17.7 Å². The van der Waals surface area contributed by atoms with Crippen molar-refractivity contribution in [2.75, 3.05) is 0 Å². The largest absolute Gasteiger partial charge is 0.457 e. The molecule has 0 atom stereocenters. The molecule has 0 saturated carbocycles. The molecule has 0 aliphatic heterocycles. The van der Waals surface area contributed by atoms with Gasteiger partial charge in [0.05, 0.1) is 11.1 Å². The highest BCUT2D eigenvalue weighted by Gasteiger charge is 2.30. The second-order valence-electron chi connectivity index (χ2n) is 4.14. The minimum absolute atomic E-state index is 0.197. The first-order valence-corrected chi connectivity index (χ1v) is 5.85. The Hall–Kier alpha value is -2.30. The summed E-state index contributed by atoms with van der Waals surface area (Å²) in [6.07, 6.45) is -4.40. The van der Waals surface area contributed by atoms with Crippen LogP contribution in [0.15, 0.2) is 54.6 Å². The zero-order valence-electron chi connectivity index (χ0n) is 10.4. The fourth-order valence-electron chi connectivity index (χ4n) is 1.64. The molecule has 2 nitrogen and oxygen atoms in total. The van der Waals surface area contributed by atoms with Crippen LogP contribution >= 0.6 is 0 Å². The van der Waals surface area contributed by atoms with Crippen LogP contribution in [0.1, 0.15) is 21.5 Å². The first-order valence-electron chi connectivity index (χ1n) is 5.85. The Morgan fingerprint density at radius 3 is 2.35 bits per heavy atom. The van der Waals surface area contributed by atoms with Crippen molar-refractivity contribution in [3.63, 3.8) is 0 Å². The third-order valence-corrected chi connectivity index (χ3v) is 2.63. The molecule has 0 heterocycles. The summed E-state index contributed by atoms with van der Waals surface area (Å²) in [4.78, 5) is 11.7. The van der Waals surface area contributed by atoms with E-state index in [-0.39, 0.29) is 6.61 Å². The molecule has 5 heteroatoms. The van der Waals surface area contributed by atoms with Gasteiger partial charge < -0.3 is 4.74 Å². The van der Waals surface area contributed by atoms with Crippen molar-refractivity contribution in [1.82, 2.24) is 0 Å². The van der Waals surface area contributed by atoms with Gasteiger partial charge in [0.15, 0.2) is 0 Å². The lowest BCUT2D eigenvalue weighted by Gasteiger charge is -2.09. The number of benzene rings is 2. The molecule has 20 heavy (non-hydrogen) atoms. The van der Waals surface area contributed by atoms with Crippen molar-refractivity contribution in [2.45, 2.75) is 12.8 Å². The van der Waals surface area contributed by atoms with E-state index in [1.807, 2.05) is 0 Å². The SMILES string of the molecule is O=C(OCc1cccc(C(F)(F)F)c1)c1ccccc1. The van der Waals surface area contributed by atoms with Gasteiger partial charge >= 0.3 is 12.1 Å². The minimum atomic E-state index is -4.40. The molecule has 0 aromatic heterocycles. The predicted octanol–water partition coefficient (Wildman–Crippen LogP) is 4.06. The summed E-state index contributed by atoms with van der Waals surface area (Å²) in [7, 11) is 0. The molecule has 0 radical (unpaired) electrons. The quantitative estimate of drug-likeness (QED) is 0.792. The Morgan fingerprint density at radius 1 is 1.00 bits per heavy atom. The van der Waals surface area contributed by atoms with Gasteiger partial charge in [-0.3, -0.25) is 0 Å². The van der Waals surface area contributed by atoms with Crippen LogP contribution in [0.2, 0.25) is 0 Å². The molecule has 104 valence electrons. The third-order valence-electron chi connectivity index (χ3n) is 2.63. The summed E-state index contributed by atoms with van der Waals surface area (Å²) < 4.78 is 42.5. The lowest BCUT2D eigenvalue weighted by molar-refractivity contribution is -0.137. The van der Waals surface area contributed by atoms with E-state index in [0.29, 0.717) is 11.1 Å². The highest BCUT2D eigenvalue weighted by atomic mass is 19.4. The Kier molecular flexibility index (Phi) is 4.08. The van der Waals surface area contributed by atoms with Crippen LogP contribution in [0.5, 0.6) is 0 Å². The van der Waals surface area contributed by atoms with Crippen molar-refractivity contribution < 1.29 is 22.7 Å². The van der Waals surface area contributed by atoms with Crippen LogP contribution in [0.25, 0.3) is 0 Å². The average molecular weight is 280 g/mol. The number of hydrogen-bond donors (Lipinski definition) is 0. The van der Waals surface area contributed by atoms with Crippen LogP contribution in [0, 0.1) is 0 Å². The van der Waals surface area contributed by atoms with Crippen molar-refractivity contribution >= 4 is 5.97 Å². The van der Waals surface area contributed by atoms with E-state index in [9.17, 15) is 18.0 Å². The lowest BCUT2D eigenvalue weighted by atomic mass is 10.1. The Balaban J connectivity index is 2.03. The number of rotatable bonds is 3. The number of ether oxygens (including phenoxy) is 1. The van der Waals surface area contributed by atoms with Gasteiger partial charge in [0.25, 0.3) is 0 Å². The number of halogens is 3. The van der Waals surface area contributed by atoms with Crippen molar-refractivity contribution in [3.8, 4) is 0 Å². The molecule has 0 bridgehead atoms. The number of carbonyl (C=O) groups is 1. The maximum atomic E-state index is 12.5. The molecule has 0 fully saturated rings. The number of esters is 1. The first kappa shape index (κ1) is 14.1. The molecule has 0 amide bonds. The molecular weight excluding hydrogens is 269 g/mol. The average Bonchev–Trinajstić information content (AvgIpc) is 2.45. The molecule has 0 aliphatic carbocycles. The maximum absolute atomic E-state index is 12.5. The number of hydrogen-bond acceptors (Lipinski definition) is 2. The van der Waals surface area contributed by atoms with Gasteiger partial charge in [0, 0.05) is 0 Å². The van der Waals surface area contributed by atoms with E-state index in [1.165, 1.54) is 12.1 Å². The van der Waals surface area contributed by atoms with E-state index in [2.05, 4.69) is 0 Å². The second-order valence-corrected chi connectivity index (χ2v) is 4.14. The van der Waals surface area contributed by atoms with Crippen molar-refractivity contribution in [2.24, 2.45) is 0 Å². The standard InChI is InChI=1S/C15H11F3O2/c16-15(17,18)13-8-4-5-11(9-13)10-20-14(19)12-6-2-1-3-7-12/h1-9H,10H2. The highest BCUT2D eigenvalue weighted by molar-refractivity contribution is 5.89. The van der Waals surface area contributed by atoms with Crippen LogP contribution in [0.4, 0.5) is 13.2 Å². The van der Waals surface area contributed by atoms with Crippen LogP contribution in [0.3, 0.4) is 0 Å². The van der Waals surface area contributed by atoms with Crippen LogP contribution < -0.4 is 0 Å². The van der Waals surface area contributed by atoms with Gasteiger partial charge in [-0.25, -0.2) is 4.79 Å². The Labute approximate surface area is 113 Å². The summed E-state index contributed by atoms with van der Waals surface area (Å²) in [5, 5.41) is 0. The Morgan fingerprint density at radius 2 is 1.70 bits per heavy atom. The van der Waals surface area contributed by atoms with Crippen molar-refractivity contribution in [1.29, 1.82) is 0 Å². The zero-order valence-corrected chi connectivity index (χ0v) is 10.4. The summed E-state index contributed by atoms with van der Waals surface area (Å²) in [6.45, 7) is -0.197. The topological polar surface area (TPSA) is 26.3 Å². The predicted molar refractivity (Wildman–Crippen MR) is 67.0 cm³/mol. The molecule has 2 aromatic rings. The smallest absolute Gasteiger partial charge is 0.416 e. The van der Waals surface area contributed by atoms with Gasteiger partial charge in [-0.2, -0.15) is 13.2 Å². The zero-order chi connectivity index (χ0) is 14.6. The maximum Gasteiger partial charge on any atom is 0.416 e. The molecule has 0 saturated heterocycles. The van der Waals surface area contributed by atoms with Crippen LogP contribution in [-0.4, -0.2) is 5.97 Å². The van der Waals surface area contributed by atoms with Gasteiger partial charge in [-0.15, -0.1) is 0 Å². The lowest BCUT2D eigenvalue weighted by Crippen LogP contribution is -2.07.